The summed E-state index contributed by atoms with van der Waals surface area (Å²) in [5.74, 6) is -2.00. The van der Waals surface area contributed by atoms with E-state index in [4.69, 9.17) is 10.8 Å². The molecule has 6 heteroatoms. The largest absolute Gasteiger partial charge is 0.474 e. The Labute approximate surface area is 117 Å². The summed E-state index contributed by atoms with van der Waals surface area (Å²) in [7, 11) is 0. The zero-order valence-corrected chi connectivity index (χ0v) is 11.2. The Balaban J connectivity index is 0.00000180. The van der Waals surface area contributed by atoms with Gasteiger partial charge in [0.2, 0.25) is 0 Å². The van der Waals surface area contributed by atoms with E-state index in [0.717, 1.165) is 5.56 Å². The van der Waals surface area contributed by atoms with Crippen molar-refractivity contribution in [3.8, 4) is 0 Å². The summed E-state index contributed by atoms with van der Waals surface area (Å²) in [6, 6.07) is 9.77. The van der Waals surface area contributed by atoms with Crippen LogP contribution in [0.15, 0.2) is 30.3 Å². The molecule has 1 fully saturated rings. The maximum atomic E-state index is 11.5. The Kier molecular flexibility index (Phi) is 5.32. The van der Waals surface area contributed by atoms with Crippen molar-refractivity contribution >= 4 is 24.3 Å². The van der Waals surface area contributed by atoms with Gasteiger partial charge < -0.3 is 15.7 Å². The third-order valence-corrected chi connectivity index (χ3v) is 3.44. The molecule has 5 nitrogen and oxygen atoms in total. The summed E-state index contributed by atoms with van der Waals surface area (Å²) in [6.07, 6.45) is 0. The number of carboxylic acid groups (broad SMARTS) is 1. The van der Waals surface area contributed by atoms with Crippen molar-refractivity contribution < 1.29 is 14.7 Å². The molecule has 0 radical (unpaired) electrons. The van der Waals surface area contributed by atoms with Crippen LogP contribution in [0.2, 0.25) is 0 Å². The summed E-state index contributed by atoms with van der Waals surface area (Å²) < 4.78 is 0. The third kappa shape index (κ3) is 3.24. The van der Waals surface area contributed by atoms with E-state index in [0.29, 0.717) is 19.6 Å². The van der Waals surface area contributed by atoms with Crippen LogP contribution in [0.25, 0.3) is 0 Å². The second kappa shape index (κ2) is 6.54. The number of rotatable bonds is 2. The molecule has 1 aliphatic rings. The summed E-state index contributed by atoms with van der Waals surface area (Å²) in [4.78, 5) is 23.5. The van der Waals surface area contributed by atoms with Gasteiger partial charge in [0.1, 0.15) is 0 Å². The van der Waals surface area contributed by atoms with E-state index >= 15 is 0 Å². The minimum absolute atomic E-state index is 0. The van der Waals surface area contributed by atoms with E-state index < -0.39 is 11.9 Å². The van der Waals surface area contributed by atoms with Crippen molar-refractivity contribution in [2.45, 2.75) is 5.92 Å². The minimum atomic E-state index is -1.40. The Bertz CT molecular complexity index is 452. The SMILES string of the molecule is Cl.NC[C@@H]1CN(C(=O)C(=O)O)C[C@H]1c1ccccc1. The number of hydrogen-bond donors (Lipinski definition) is 2. The molecule has 1 amide bonds. The first kappa shape index (κ1) is 15.5. The van der Waals surface area contributed by atoms with Gasteiger partial charge in [-0.15, -0.1) is 12.4 Å². The number of carboxylic acids is 1. The lowest BCUT2D eigenvalue weighted by Crippen LogP contribution is -2.35. The number of halogens is 1. The van der Waals surface area contributed by atoms with Gasteiger partial charge in [-0.3, -0.25) is 4.79 Å². The van der Waals surface area contributed by atoms with Crippen molar-refractivity contribution in [3.63, 3.8) is 0 Å². The van der Waals surface area contributed by atoms with Crippen molar-refractivity contribution in [1.82, 2.24) is 4.90 Å². The smallest absolute Gasteiger partial charge is 0.394 e. The van der Waals surface area contributed by atoms with Crippen molar-refractivity contribution in [2.24, 2.45) is 11.7 Å². The fraction of sp³-hybridized carbons (Fsp3) is 0.385. The number of carbonyl (C=O) groups is 2. The number of amides is 1. The van der Waals surface area contributed by atoms with Crippen LogP contribution < -0.4 is 5.73 Å². The number of likely N-dealkylation sites (tertiary alicyclic amines) is 1. The number of nitrogens with two attached hydrogens (primary N) is 1. The molecule has 3 N–H and O–H groups in total. The molecule has 0 aromatic heterocycles. The Morgan fingerprint density at radius 3 is 2.42 bits per heavy atom. The highest BCUT2D eigenvalue weighted by Crippen LogP contribution is 2.31. The lowest BCUT2D eigenvalue weighted by molar-refractivity contribution is -0.155. The second-order valence-corrected chi connectivity index (χ2v) is 4.53. The van der Waals surface area contributed by atoms with Crippen LogP contribution >= 0.6 is 12.4 Å². The first-order chi connectivity index (χ1) is 8.63. The number of nitrogens with zero attached hydrogens (tertiary/aromatic N) is 1. The van der Waals surface area contributed by atoms with Crippen LogP contribution in [0.5, 0.6) is 0 Å². The molecule has 19 heavy (non-hydrogen) atoms. The highest BCUT2D eigenvalue weighted by atomic mass is 35.5. The van der Waals surface area contributed by atoms with E-state index in [1.54, 1.807) is 0 Å². The van der Waals surface area contributed by atoms with Gasteiger partial charge in [0.15, 0.2) is 0 Å². The molecular weight excluding hydrogens is 268 g/mol. The van der Waals surface area contributed by atoms with Crippen LogP contribution in [0, 0.1) is 5.92 Å². The molecule has 2 rings (SSSR count). The highest BCUT2D eigenvalue weighted by Gasteiger charge is 2.37. The van der Waals surface area contributed by atoms with Crippen LogP contribution in [0.3, 0.4) is 0 Å². The van der Waals surface area contributed by atoms with Gasteiger partial charge in [0.05, 0.1) is 0 Å². The number of hydrogen-bond acceptors (Lipinski definition) is 3. The number of benzene rings is 1. The van der Waals surface area contributed by atoms with Crippen molar-refractivity contribution in [2.75, 3.05) is 19.6 Å². The third-order valence-electron chi connectivity index (χ3n) is 3.44. The first-order valence-corrected chi connectivity index (χ1v) is 5.90. The van der Waals surface area contributed by atoms with Crippen LogP contribution in [0.4, 0.5) is 0 Å². The zero-order valence-electron chi connectivity index (χ0n) is 10.4. The lowest BCUT2D eigenvalue weighted by atomic mass is 9.89. The second-order valence-electron chi connectivity index (χ2n) is 4.53. The predicted molar refractivity (Wildman–Crippen MR) is 73.2 cm³/mol. The molecule has 0 spiro atoms. The minimum Gasteiger partial charge on any atom is -0.474 e. The molecule has 1 aliphatic heterocycles. The monoisotopic (exact) mass is 284 g/mol. The van der Waals surface area contributed by atoms with Crippen LogP contribution in [0.1, 0.15) is 11.5 Å². The first-order valence-electron chi connectivity index (χ1n) is 5.90. The van der Waals surface area contributed by atoms with Crippen LogP contribution in [-0.4, -0.2) is 41.5 Å². The maximum Gasteiger partial charge on any atom is 0.394 e. The quantitative estimate of drug-likeness (QED) is 0.783. The van der Waals surface area contributed by atoms with E-state index in [9.17, 15) is 9.59 Å². The molecule has 1 saturated heterocycles. The molecule has 104 valence electrons. The molecule has 0 aliphatic carbocycles. The molecule has 2 atom stereocenters. The van der Waals surface area contributed by atoms with Gasteiger partial charge in [-0.1, -0.05) is 30.3 Å². The molecular formula is C13H17ClN2O3. The van der Waals surface area contributed by atoms with Crippen molar-refractivity contribution in [3.05, 3.63) is 35.9 Å². The van der Waals surface area contributed by atoms with Gasteiger partial charge in [-0.2, -0.15) is 0 Å². The number of aliphatic carboxylic acids is 1. The van der Waals surface area contributed by atoms with Gasteiger partial charge in [-0.05, 0) is 18.0 Å². The molecule has 1 heterocycles. The van der Waals surface area contributed by atoms with E-state index in [1.807, 2.05) is 30.3 Å². The van der Waals surface area contributed by atoms with Crippen molar-refractivity contribution in [1.29, 1.82) is 0 Å². The Hall–Kier alpha value is -1.59. The average Bonchev–Trinajstić information content (AvgIpc) is 2.82. The Morgan fingerprint density at radius 2 is 1.89 bits per heavy atom. The summed E-state index contributed by atoms with van der Waals surface area (Å²) >= 11 is 0. The molecule has 0 saturated carbocycles. The van der Waals surface area contributed by atoms with E-state index in [-0.39, 0.29) is 24.2 Å². The molecule has 1 aromatic rings. The van der Waals surface area contributed by atoms with Gasteiger partial charge in [0, 0.05) is 19.0 Å². The van der Waals surface area contributed by atoms with Gasteiger partial charge in [-0.25, -0.2) is 4.79 Å². The fourth-order valence-electron chi connectivity index (χ4n) is 2.49. The Morgan fingerprint density at radius 1 is 1.26 bits per heavy atom. The highest BCUT2D eigenvalue weighted by molar-refractivity contribution is 6.31. The predicted octanol–water partition coefficient (Wildman–Crippen LogP) is 0.694. The zero-order chi connectivity index (χ0) is 13.1. The molecule has 1 aromatic carbocycles. The van der Waals surface area contributed by atoms with Crippen LogP contribution in [-0.2, 0) is 9.59 Å². The van der Waals surface area contributed by atoms with Gasteiger partial charge in [0.25, 0.3) is 0 Å². The van der Waals surface area contributed by atoms with E-state index in [2.05, 4.69) is 0 Å². The topological polar surface area (TPSA) is 83.6 Å². The number of carbonyl (C=O) groups excluding carboxylic acids is 1. The summed E-state index contributed by atoms with van der Waals surface area (Å²) in [6.45, 7) is 1.29. The lowest BCUT2D eigenvalue weighted by Gasteiger charge is -2.16. The normalized spacial score (nSPS) is 21.8. The molecule has 0 bridgehead atoms. The summed E-state index contributed by atoms with van der Waals surface area (Å²) in [5.41, 5.74) is 6.82. The fourth-order valence-corrected chi connectivity index (χ4v) is 2.49. The maximum absolute atomic E-state index is 11.5. The van der Waals surface area contributed by atoms with Gasteiger partial charge >= 0.3 is 11.9 Å². The summed E-state index contributed by atoms with van der Waals surface area (Å²) in [5, 5.41) is 8.74. The average molecular weight is 285 g/mol. The van der Waals surface area contributed by atoms with E-state index in [1.165, 1.54) is 4.90 Å². The standard InChI is InChI=1S/C13H16N2O3.ClH/c14-6-10-7-15(12(16)13(17)18)8-11(10)9-4-2-1-3-5-9;/h1-5,10-11H,6-8,14H2,(H,17,18);1H/t10-,11+;/m1./s1. The molecule has 0 unspecified atom stereocenters.